The molecule has 0 spiro atoms. The third-order valence-corrected chi connectivity index (χ3v) is 4.29. The zero-order valence-electron chi connectivity index (χ0n) is 14.5. The van der Waals surface area contributed by atoms with Crippen LogP contribution in [0.25, 0.3) is 0 Å². The number of carbonyl (C=O) groups is 1. The predicted molar refractivity (Wildman–Crippen MR) is 94.4 cm³/mol. The average molecular weight is 335 g/mol. The normalized spacial score (nSPS) is 15.2. The number of hydrogen-bond acceptors (Lipinski definition) is 5. The molecule has 1 amide bonds. The van der Waals surface area contributed by atoms with Crippen LogP contribution >= 0.6 is 0 Å². The number of likely N-dealkylation sites (tertiary alicyclic amines) is 1. The highest BCUT2D eigenvalue weighted by molar-refractivity contribution is 5.97. The molecule has 0 aliphatic carbocycles. The summed E-state index contributed by atoms with van der Waals surface area (Å²) in [6, 6.07) is 5.57. The first-order valence-electron chi connectivity index (χ1n) is 8.73. The predicted octanol–water partition coefficient (Wildman–Crippen LogP) is 0.993. The van der Waals surface area contributed by atoms with E-state index in [4.69, 9.17) is 9.84 Å². The molecular weight excluding hydrogens is 306 g/mol. The van der Waals surface area contributed by atoms with Crippen molar-refractivity contribution < 1.29 is 14.6 Å². The van der Waals surface area contributed by atoms with Gasteiger partial charge in [0.2, 0.25) is 0 Å². The van der Waals surface area contributed by atoms with Gasteiger partial charge in [-0.3, -0.25) is 4.79 Å². The molecule has 1 aromatic carbocycles. The Bertz CT molecular complexity index is 516. The van der Waals surface area contributed by atoms with Gasteiger partial charge in [-0.1, -0.05) is 12.5 Å². The first kappa shape index (κ1) is 18.7. The van der Waals surface area contributed by atoms with E-state index in [2.05, 4.69) is 15.5 Å². The summed E-state index contributed by atoms with van der Waals surface area (Å²) in [6.45, 7) is 5.10. The van der Waals surface area contributed by atoms with Crippen molar-refractivity contribution in [1.82, 2.24) is 15.5 Å². The summed E-state index contributed by atoms with van der Waals surface area (Å²) in [5.74, 6) is 0.479. The maximum absolute atomic E-state index is 12.4. The smallest absolute Gasteiger partial charge is 0.255 e. The number of carbonyl (C=O) groups excluding carboxylic acids is 1. The first-order valence-corrected chi connectivity index (χ1v) is 8.73. The van der Waals surface area contributed by atoms with Crippen molar-refractivity contribution in [2.45, 2.75) is 25.8 Å². The van der Waals surface area contributed by atoms with Gasteiger partial charge in [0.15, 0.2) is 0 Å². The Balaban J connectivity index is 1.85. The molecule has 2 rings (SSSR count). The van der Waals surface area contributed by atoms with Crippen LogP contribution in [-0.4, -0.2) is 62.4 Å². The minimum atomic E-state index is -0.0984. The number of nitrogens with one attached hydrogen (secondary N) is 2. The lowest BCUT2D eigenvalue weighted by Gasteiger charge is -2.26. The maximum atomic E-state index is 12.4. The number of aliphatic hydroxyl groups excluding tert-OH is 1. The van der Waals surface area contributed by atoms with Gasteiger partial charge in [0.05, 0.1) is 19.3 Å². The molecule has 6 nitrogen and oxygen atoms in total. The lowest BCUT2D eigenvalue weighted by Crippen LogP contribution is -2.37. The van der Waals surface area contributed by atoms with Crippen LogP contribution in [0.5, 0.6) is 5.75 Å². The highest BCUT2D eigenvalue weighted by Crippen LogP contribution is 2.20. The fourth-order valence-corrected chi connectivity index (χ4v) is 2.95. The standard InChI is InChI=1S/C18H29N3O3/c1-24-17-13-15(14-19-8-12-22)5-6-16(17)18(23)20-7-11-21-9-3-2-4-10-21/h5-6,13,19,22H,2-4,7-12,14H2,1H3,(H,20,23). The van der Waals surface area contributed by atoms with Gasteiger partial charge in [0.25, 0.3) is 5.91 Å². The van der Waals surface area contributed by atoms with Crippen molar-refractivity contribution >= 4 is 5.91 Å². The van der Waals surface area contributed by atoms with Crippen molar-refractivity contribution in [3.63, 3.8) is 0 Å². The topological polar surface area (TPSA) is 73.8 Å². The zero-order valence-corrected chi connectivity index (χ0v) is 14.5. The highest BCUT2D eigenvalue weighted by atomic mass is 16.5. The summed E-state index contributed by atoms with van der Waals surface area (Å²) < 4.78 is 5.36. The number of amides is 1. The summed E-state index contributed by atoms with van der Waals surface area (Å²) in [6.07, 6.45) is 3.83. The Kier molecular flexibility index (Phi) is 8.01. The number of rotatable bonds is 9. The zero-order chi connectivity index (χ0) is 17.2. The molecule has 1 aliphatic rings. The summed E-state index contributed by atoms with van der Waals surface area (Å²) >= 11 is 0. The third-order valence-electron chi connectivity index (χ3n) is 4.29. The second-order valence-electron chi connectivity index (χ2n) is 6.09. The van der Waals surface area contributed by atoms with Gasteiger partial charge in [-0.25, -0.2) is 0 Å². The van der Waals surface area contributed by atoms with E-state index in [0.717, 1.165) is 25.2 Å². The number of hydrogen-bond donors (Lipinski definition) is 3. The summed E-state index contributed by atoms with van der Waals surface area (Å²) in [4.78, 5) is 14.8. The van der Waals surface area contributed by atoms with Gasteiger partial charge in [0, 0.05) is 26.2 Å². The Morgan fingerprint density at radius 2 is 2.04 bits per heavy atom. The summed E-state index contributed by atoms with van der Waals surface area (Å²) in [7, 11) is 1.57. The lowest BCUT2D eigenvalue weighted by molar-refractivity contribution is 0.0943. The van der Waals surface area contributed by atoms with Gasteiger partial charge >= 0.3 is 0 Å². The van der Waals surface area contributed by atoms with Crippen LogP contribution in [0, 0.1) is 0 Å². The van der Waals surface area contributed by atoms with Gasteiger partial charge in [0.1, 0.15) is 5.75 Å². The van der Waals surface area contributed by atoms with Crippen LogP contribution in [-0.2, 0) is 6.54 Å². The maximum Gasteiger partial charge on any atom is 0.255 e. The monoisotopic (exact) mass is 335 g/mol. The minimum Gasteiger partial charge on any atom is -0.496 e. The molecule has 1 heterocycles. The molecule has 134 valence electrons. The van der Waals surface area contributed by atoms with E-state index in [-0.39, 0.29) is 12.5 Å². The van der Waals surface area contributed by atoms with E-state index in [1.54, 1.807) is 13.2 Å². The fourth-order valence-electron chi connectivity index (χ4n) is 2.95. The van der Waals surface area contributed by atoms with E-state index >= 15 is 0 Å². The number of ether oxygens (including phenoxy) is 1. The quantitative estimate of drug-likeness (QED) is 0.587. The third kappa shape index (κ3) is 5.78. The number of piperidine rings is 1. The Morgan fingerprint density at radius 1 is 1.25 bits per heavy atom. The van der Waals surface area contributed by atoms with Gasteiger partial charge in [-0.2, -0.15) is 0 Å². The molecule has 3 N–H and O–H groups in total. The molecule has 1 saturated heterocycles. The molecule has 0 atom stereocenters. The molecule has 24 heavy (non-hydrogen) atoms. The molecule has 0 bridgehead atoms. The van der Waals surface area contributed by atoms with Crippen LogP contribution in [0.4, 0.5) is 0 Å². The molecule has 6 heteroatoms. The van der Waals surface area contributed by atoms with Crippen molar-refractivity contribution in [3.05, 3.63) is 29.3 Å². The van der Waals surface area contributed by atoms with Crippen LogP contribution < -0.4 is 15.4 Å². The second-order valence-corrected chi connectivity index (χ2v) is 6.09. The molecule has 0 radical (unpaired) electrons. The first-order chi connectivity index (χ1) is 11.7. The van der Waals surface area contributed by atoms with Crippen LogP contribution in [0.3, 0.4) is 0 Å². The van der Waals surface area contributed by atoms with E-state index in [0.29, 0.717) is 30.9 Å². The Labute approximate surface area is 144 Å². The summed E-state index contributed by atoms with van der Waals surface area (Å²) in [5.41, 5.74) is 1.58. The van der Waals surface area contributed by atoms with Crippen molar-refractivity contribution in [2.24, 2.45) is 0 Å². The SMILES string of the molecule is COc1cc(CNCCO)ccc1C(=O)NCCN1CCCCC1. The lowest BCUT2D eigenvalue weighted by atomic mass is 10.1. The fraction of sp³-hybridized carbons (Fsp3) is 0.611. The Hall–Kier alpha value is -1.63. The number of nitrogens with zero attached hydrogens (tertiary/aromatic N) is 1. The number of benzene rings is 1. The molecule has 1 fully saturated rings. The minimum absolute atomic E-state index is 0.0984. The summed E-state index contributed by atoms with van der Waals surface area (Å²) in [5, 5.41) is 14.9. The Morgan fingerprint density at radius 3 is 2.75 bits per heavy atom. The van der Waals surface area contributed by atoms with Crippen LogP contribution in [0.1, 0.15) is 35.2 Å². The molecule has 0 unspecified atom stereocenters. The van der Waals surface area contributed by atoms with Gasteiger partial charge < -0.3 is 25.4 Å². The average Bonchev–Trinajstić information content (AvgIpc) is 2.62. The van der Waals surface area contributed by atoms with Gasteiger partial charge in [-0.05, 0) is 43.6 Å². The van der Waals surface area contributed by atoms with E-state index in [9.17, 15) is 4.79 Å². The number of aliphatic hydroxyl groups is 1. The number of methoxy groups -OCH3 is 1. The van der Waals surface area contributed by atoms with Crippen molar-refractivity contribution in [2.75, 3.05) is 46.4 Å². The molecule has 1 aliphatic heterocycles. The van der Waals surface area contributed by atoms with Crippen LogP contribution in [0.2, 0.25) is 0 Å². The van der Waals surface area contributed by atoms with E-state index in [1.807, 2.05) is 12.1 Å². The van der Waals surface area contributed by atoms with Crippen LogP contribution in [0.15, 0.2) is 18.2 Å². The molecule has 0 aromatic heterocycles. The van der Waals surface area contributed by atoms with E-state index < -0.39 is 0 Å². The largest absolute Gasteiger partial charge is 0.496 e. The highest BCUT2D eigenvalue weighted by Gasteiger charge is 2.14. The van der Waals surface area contributed by atoms with Crippen molar-refractivity contribution in [3.8, 4) is 5.75 Å². The molecular formula is C18H29N3O3. The molecule has 1 aromatic rings. The van der Waals surface area contributed by atoms with Crippen molar-refractivity contribution in [1.29, 1.82) is 0 Å². The second kappa shape index (κ2) is 10.3. The van der Waals surface area contributed by atoms with E-state index in [1.165, 1.54) is 19.3 Å². The van der Waals surface area contributed by atoms with Gasteiger partial charge in [-0.15, -0.1) is 0 Å². The molecule has 0 saturated carbocycles.